The molecule has 0 N–H and O–H groups in total. The van der Waals surface area contributed by atoms with E-state index in [1.54, 1.807) is 0 Å². The van der Waals surface area contributed by atoms with Crippen LogP contribution in [0.15, 0.2) is 30.3 Å². The maximum absolute atomic E-state index is 2.26. The van der Waals surface area contributed by atoms with Gasteiger partial charge in [0.1, 0.15) is 0 Å². The average Bonchev–Trinajstić information content (AvgIpc) is 2.95. The maximum atomic E-state index is 2.26. The van der Waals surface area contributed by atoms with E-state index in [1.165, 1.54) is 27.6 Å². The van der Waals surface area contributed by atoms with E-state index in [0.29, 0.717) is 0 Å². The summed E-state index contributed by atoms with van der Waals surface area (Å²) in [5.41, 5.74) is 4.13. The fourth-order valence-electron chi connectivity index (χ4n) is 2.01. The first-order valence-corrected chi connectivity index (χ1v) is 4.85. The number of anilines is 1. The van der Waals surface area contributed by atoms with E-state index in [4.69, 9.17) is 0 Å². The van der Waals surface area contributed by atoms with Crippen molar-refractivity contribution in [1.29, 1.82) is 0 Å². The quantitative estimate of drug-likeness (QED) is 0.559. The smallest absolute Gasteiger partial charge is 0.0443 e. The molecule has 0 atom stereocenters. The van der Waals surface area contributed by atoms with Gasteiger partial charge in [0.25, 0.3) is 0 Å². The number of hydrogen-bond acceptors (Lipinski definition) is 1. The summed E-state index contributed by atoms with van der Waals surface area (Å²) in [5.74, 6) is 0. The molecule has 69 valence electrons. The summed E-state index contributed by atoms with van der Waals surface area (Å²) in [4.78, 5) is 2.18. The summed E-state index contributed by atoms with van der Waals surface area (Å²) < 4.78 is 0. The lowest BCUT2D eigenvalue weighted by molar-refractivity contribution is 1.14. The van der Waals surface area contributed by atoms with Crippen molar-refractivity contribution in [3.63, 3.8) is 0 Å². The summed E-state index contributed by atoms with van der Waals surface area (Å²) in [7, 11) is 4.19. The molecule has 0 unspecified atom stereocenters. The van der Waals surface area contributed by atoms with Crippen LogP contribution in [0.5, 0.6) is 0 Å². The van der Waals surface area contributed by atoms with Gasteiger partial charge in [-0.1, -0.05) is 24.3 Å². The van der Waals surface area contributed by atoms with Gasteiger partial charge in [-0.3, -0.25) is 0 Å². The van der Waals surface area contributed by atoms with Crippen LogP contribution in [0, 0.1) is 6.42 Å². The standard InChI is InChI=1S/C13H12N/c1-14(2)13-8-9-7-12(9)10-5-3-4-6-11(10)13/h3-8H,1-2H3. The van der Waals surface area contributed by atoms with E-state index in [1.807, 2.05) is 0 Å². The predicted octanol–water partition coefficient (Wildman–Crippen LogP) is 2.82. The van der Waals surface area contributed by atoms with Gasteiger partial charge in [-0.15, -0.1) is 0 Å². The largest absolute Gasteiger partial charge is 0.377 e. The molecule has 1 aliphatic carbocycles. The highest BCUT2D eigenvalue weighted by Gasteiger charge is 2.22. The minimum Gasteiger partial charge on any atom is -0.377 e. The molecule has 14 heavy (non-hydrogen) atoms. The van der Waals surface area contributed by atoms with Crippen molar-refractivity contribution in [2.75, 3.05) is 19.0 Å². The summed E-state index contributed by atoms with van der Waals surface area (Å²) in [6.45, 7) is 0. The predicted molar refractivity (Wildman–Crippen MR) is 60.8 cm³/mol. The Morgan fingerprint density at radius 2 is 1.71 bits per heavy atom. The molecule has 0 bridgehead atoms. The van der Waals surface area contributed by atoms with Crippen LogP contribution in [0.25, 0.3) is 10.8 Å². The summed E-state index contributed by atoms with van der Waals surface area (Å²) in [5, 5.41) is 2.73. The van der Waals surface area contributed by atoms with E-state index in [0.717, 1.165) is 0 Å². The Morgan fingerprint density at radius 1 is 1.00 bits per heavy atom. The van der Waals surface area contributed by atoms with Gasteiger partial charge in [0, 0.05) is 31.6 Å². The van der Waals surface area contributed by atoms with Crippen molar-refractivity contribution < 1.29 is 0 Å². The Balaban J connectivity index is 2.41. The number of rotatable bonds is 1. The minimum absolute atomic E-state index is 1.31. The third-order valence-electron chi connectivity index (χ3n) is 2.79. The van der Waals surface area contributed by atoms with Crippen LogP contribution in [0.4, 0.5) is 5.69 Å². The Bertz CT molecular complexity index is 512. The summed E-state index contributed by atoms with van der Waals surface area (Å²) in [6, 6.07) is 10.9. The van der Waals surface area contributed by atoms with Gasteiger partial charge in [0.05, 0.1) is 0 Å². The zero-order valence-electron chi connectivity index (χ0n) is 8.41. The van der Waals surface area contributed by atoms with Crippen molar-refractivity contribution in [3.8, 4) is 0 Å². The highest BCUT2D eigenvalue weighted by molar-refractivity contribution is 6.02. The molecule has 0 aliphatic heterocycles. The minimum atomic E-state index is 1.31. The van der Waals surface area contributed by atoms with E-state index >= 15 is 0 Å². The van der Waals surface area contributed by atoms with Crippen LogP contribution in [0.2, 0.25) is 0 Å². The molecule has 0 heterocycles. The first kappa shape index (κ1) is 7.86. The highest BCUT2D eigenvalue weighted by Crippen LogP contribution is 2.42. The molecular weight excluding hydrogens is 170 g/mol. The summed E-state index contributed by atoms with van der Waals surface area (Å²) >= 11 is 0. The number of fused-ring (bicyclic) bond motifs is 3. The molecule has 0 spiro atoms. The lowest BCUT2D eigenvalue weighted by Gasteiger charge is -2.14. The zero-order valence-corrected chi connectivity index (χ0v) is 8.41. The van der Waals surface area contributed by atoms with Crippen LogP contribution in [-0.2, 0) is 0 Å². The van der Waals surface area contributed by atoms with Crippen molar-refractivity contribution in [2.45, 2.75) is 0 Å². The monoisotopic (exact) mass is 182 g/mol. The molecule has 1 aliphatic rings. The van der Waals surface area contributed by atoms with Gasteiger partial charge in [-0.25, -0.2) is 0 Å². The zero-order chi connectivity index (χ0) is 9.71. The topological polar surface area (TPSA) is 3.24 Å². The van der Waals surface area contributed by atoms with Crippen molar-refractivity contribution in [3.05, 3.63) is 47.9 Å². The fourth-order valence-corrected chi connectivity index (χ4v) is 2.01. The normalized spacial score (nSPS) is 12.7. The average molecular weight is 182 g/mol. The van der Waals surface area contributed by atoms with E-state index in [9.17, 15) is 0 Å². The molecule has 0 amide bonds. The maximum Gasteiger partial charge on any atom is 0.0443 e. The number of hydrogen-bond donors (Lipinski definition) is 0. The van der Waals surface area contributed by atoms with Gasteiger partial charge in [-0.05, 0) is 22.6 Å². The highest BCUT2D eigenvalue weighted by atomic mass is 15.1. The van der Waals surface area contributed by atoms with Crippen LogP contribution in [0.3, 0.4) is 0 Å². The Hall–Kier alpha value is -1.50. The molecule has 1 radical (unpaired) electrons. The SMILES string of the molecule is CN(C)c1cc2c(c3ccccc13)[CH]2. The van der Waals surface area contributed by atoms with E-state index in [-0.39, 0.29) is 0 Å². The molecule has 0 saturated carbocycles. The van der Waals surface area contributed by atoms with Gasteiger partial charge >= 0.3 is 0 Å². The Kier molecular flexibility index (Phi) is 1.41. The Labute approximate surface area is 84.0 Å². The molecule has 0 fully saturated rings. The van der Waals surface area contributed by atoms with Crippen LogP contribution in [0.1, 0.15) is 11.1 Å². The molecule has 2 aromatic rings. The number of benzene rings is 2. The van der Waals surface area contributed by atoms with Gasteiger partial charge in [-0.2, -0.15) is 0 Å². The summed E-state index contributed by atoms with van der Waals surface area (Å²) in [6.07, 6.45) is 2.25. The first-order valence-electron chi connectivity index (χ1n) is 4.85. The molecule has 1 heteroatoms. The van der Waals surface area contributed by atoms with Crippen molar-refractivity contribution in [2.24, 2.45) is 0 Å². The Morgan fingerprint density at radius 3 is 2.43 bits per heavy atom. The second-order valence-electron chi connectivity index (χ2n) is 3.98. The molecule has 2 aromatic carbocycles. The fraction of sp³-hybridized carbons (Fsp3) is 0.154. The van der Waals surface area contributed by atoms with E-state index in [2.05, 4.69) is 55.7 Å². The second kappa shape index (κ2) is 2.50. The third-order valence-corrected chi connectivity index (χ3v) is 2.79. The van der Waals surface area contributed by atoms with Crippen molar-refractivity contribution >= 4 is 16.5 Å². The van der Waals surface area contributed by atoms with E-state index < -0.39 is 0 Å². The van der Waals surface area contributed by atoms with Gasteiger partial charge in [0.2, 0.25) is 0 Å². The number of nitrogens with zero attached hydrogens (tertiary/aromatic N) is 1. The molecule has 1 nitrogen and oxygen atoms in total. The molecule has 0 saturated heterocycles. The third kappa shape index (κ3) is 0.955. The van der Waals surface area contributed by atoms with Crippen LogP contribution < -0.4 is 4.90 Å². The van der Waals surface area contributed by atoms with Crippen LogP contribution in [-0.4, -0.2) is 14.1 Å². The molecule has 3 rings (SSSR count). The van der Waals surface area contributed by atoms with Crippen molar-refractivity contribution in [1.82, 2.24) is 0 Å². The molecule has 0 aromatic heterocycles. The second-order valence-corrected chi connectivity index (χ2v) is 3.98. The van der Waals surface area contributed by atoms with Gasteiger partial charge < -0.3 is 4.90 Å². The first-order chi connectivity index (χ1) is 6.77. The lowest BCUT2D eigenvalue weighted by Crippen LogP contribution is -2.08. The van der Waals surface area contributed by atoms with Gasteiger partial charge in [0.15, 0.2) is 0 Å². The molecular formula is C13H12N. The lowest BCUT2D eigenvalue weighted by atomic mass is 10.1. The van der Waals surface area contributed by atoms with Crippen LogP contribution >= 0.6 is 0 Å².